The van der Waals surface area contributed by atoms with Crippen LogP contribution in [-0.2, 0) is 13.5 Å². The predicted molar refractivity (Wildman–Crippen MR) is 57.6 cm³/mol. The average Bonchev–Trinajstić information content (AvgIpc) is 2.68. The molecule has 0 aliphatic carbocycles. The van der Waals surface area contributed by atoms with E-state index in [-0.39, 0.29) is 17.8 Å². The van der Waals surface area contributed by atoms with Crippen LogP contribution in [0, 0.1) is 11.6 Å². The molecule has 0 aliphatic heterocycles. The van der Waals surface area contributed by atoms with Crippen LogP contribution < -0.4 is 0 Å². The predicted octanol–water partition coefficient (Wildman–Crippen LogP) is 2.12. The SMILES string of the molecule is Cn1cncc1C(=O)Cc1ccc(F)cc1F. The number of benzene rings is 1. The molecule has 0 aliphatic rings. The summed E-state index contributed by atoms with van der Waals surface area (Å²) < 4.78 is 27.6. The molecule has 0 unspecified atom stereocenters. The maximum atomic E-state index is 13.3. The van der Waals surface area contributed by atoms with Crippen LogP contribution in [0.25, 0.3) is 0 Å². The number of hydrogen-bond acceptors (Lipinski definition) is 2. The number of aromatic nitrogens is 2. The Morgan fingerprint density at radius 2 is 2.18 bits per heavy atom. The van der Waals surface area contributed by atoms with Crippen molar-refractivity contribution in [2.24, 2.45) is 7.05 Å². The molecule has 17 heavy (non-hydrogen) atoms. The van der Waals surface area contributed by atoms with Gasteiger partial charge in [-0.2, -0.15) is 0 Å². The Balaban J connectivity index is 2.22. The molecule has 0 saturated heterocycles. The fraction of sp³-hybridized carbons (Fsp3) is 0.167. The highest BCUT2D eigenvalue weighted by molar-refractivity contribution is 5.95. The Bertz CT molecular complexity index is 563. The Morgan fingerprint density at radius 1 is 1.41 bits per heavy atom. The van der Waals surface area contributed by atoms with Gasteiger partial charge in [-0.1, -0.05) is 6.07 Å². The number of hydrogen-bond donors (Lipinski definition) is 0. The maximum Gasteiger partial charge on any atom is 0.185 e. The third kappa shape index (κ3) is 2.38. The zero-order valence-electron chi connectivity index (χ0n) is 9.15. The van der Waals surface area contributed by atoms with Crippen molar-refractivity contribution in [3.8, 4) is 0 Å². The Hall–Kier alpha value is -2.04. The second kappa shape index (κ2) is 4.45. The van der Waals surface area contributed by atoms with Crippen molar-refractivity contribution < 1.29 is 13.6 Å². The van der Waals surface area contributed by atoms with E-state index in [0.717, 1.165) is 12.1 Å². The van der Waals surface area contributed by atoms with Gasteiger partial charge < -0.3 is 4.57 Å². The molecular formula is C12H10F2N2O. The lowest BCUT2D eigenvalue weighted by molar-refractivity contribution is 0.0984. The molecule has 1 aromatic carbocycles. The van der Waals surface area contributed by atoms with Crippen molar-refractivity contribution >= 4 is 5.78 Å². The summed E-state index contributed by atoms with van der Waals surface area (Å²) in [6, 6.07) is 3.18. The minimum atomic E-state index is -0.708. The molecule has 2 rings (SSSR count). The van der Waals surface area contributed by atoms with Crippen LogP contribution in [0.4, 0.5) is 8.78 Å². The van der Waals surface area contributed by atoms with Crippen LogP contribution in [-0.4, -0.2) is 15.3 Å². The molecule has 88 valence electrons. The standard InChI is InChI=1S/C12H10F2N2O/c1-16-7-15-6-11(16)12(17)4-8-2-3-9(13)5-10(8)14/h2-3,5-7H,4H2,1H3. The fourth-order valence-corrected chi connectivity index (χ4v) is 1.55. The van der Waals surface area contributed by atoms with E-state index in [0.29, 0.717) is 5.69 Å². The van der Waals surface area contributed by atoms with Crippen molar-refractivity contribution in [3.63, 3.8) is 0 Å². The number of Topliss-reactive ketones (excluding diaryl/α,β-unsaturated/α-hetero) is 1. The van der Waals surface area contributed by atoms with Gasteiger partial charge in [-0.05, 0) is 11.6 Å². The summed E-state index contributed by atoms with van der Waals surface area (Å²) in [5.74, 6) is -1.62. The minimum absolute atomic E-state index is 0.106. The molecule has 0 atom stereocenters. The van der Waals surface area contributed by atoms with E-state index in [1.807, 2.05) is 0 Å². The first-order valence-electron chi connectivity index (χ1n) is 5.01. The summed E-state index contributed by atoms with van der Waals surface area (Å²) in [4.78, 5) is 15.6. The van der Waals surface area contributed by atoms with Crippen molar-refractivity contribution in [3.05, 3.63) is 53.6 Å². The summed E-state index contributed by atoms with van der Waals surface area (Å²) in [7, 11) is 1.68. The summed E-state index contributed by atoms with van der Waals surface area (Å²) in [6.45, 7) is 0. The quantitative estimate of drug-likeness (QED) is 0.765. The lowest BCUT2D eigenvalue weighted by Crippen LogP contribution is -2.09. The van der Waals surface area contributed by atoms with Gasteiger partial charge in [-0.3, -0.25) is 4.79 Å². The number of imidazole rings is 1. The topological polar surface area (TPSA) is 34.9 Å². The molecule has 0 saturated carbocycles. The van der Waals surface area contributed by atoms with Gasteiger partial charge in [0.05, 0.1) is 12.5 Å². The molecule has 3 nitrogen and oxygen atoms in total. The number of nitrogens with zero attached hydrogens (tertiary/aromatic N) is 2. The number of halogens is 2. The third-order valence-corrected chi connectivity index (χ3v) is 2.47. The van der Waals surface area contributed by atoms with Gasteiger partial charge in [0.2, 0.25) is 0 Å². The van der Waals surface area contributed by atoms with E-state index in [4.69, 9.17) is 0 Å². The van der Waals surface area contributed by atoms with Gasteiger partial charge in [0, 0.05) is 19.5 Å². The molecule has 0 spiro atoms. The molecular weight excluding hydrogens is 226 g/mol. The van der Waals surface area contributed by atoms with E-state index < -0.39 is 11.6 Å². The zero-order chi connectivity index (χ0) is 12.4. The highest BCUT2D eigenvalue weighted by Gasteiger charge is 2.13. The van der Waals surface area contributed by atoms with Crippen LogP contribution in [0.3, 0.4) is 0 Å². The number of ketones is 1. The van der Waals surface area contributed by atoms with E-state index in [9.17, 15) is 13.6 Å². The summed E-state index contributed by atoms with van der Waals surface area (Å²) in [5.41, 5.74) is 0.575. The maximum absolute atomic E-state index is 13.3. The smallest absolute Gasteiger partial charge is 0.185 e. The van der Waals surface area contributed by atoms with Crippen LogP contribution >= 0.6 is 0 Å². The molecule has 2 aromatic rings. The Morgan fingerprint density at radius 3 is 2.76 bits per heavy atom. The molecule has 0 radical (unpaired) electrons. The first-order valence-corrected chi connectivity index (χ1v) is 5.01. The van der Waals surface area contributed by atoms with E-state index >= 15 is 0 Å². The van der Waals surface area contributed by atoms with Crippen LogP contribution in [0.5, 0.6) is 0 Å². The van der Waals surface area contributed by atoms with Gasteiger partial charge in [-0.25, -0.2) is 13.8 Å². The molecule has 0 N–H and O–H groups in total. The zero-order valence-corrected chi connectivity index (χ0v) is 9.15. The molecule has 1 aromatic heterocycles. The molecule has 1 heterocycles. The third-order valence-electron chi connectivity index (χ3n) is 2.47. The molecule has 0 bridgehead atoms. The number of carbonyl (C=O) groups excluding carboxylic acids is 1. The summed E-state index contributed by atoms with van der Waals surface area (Å²) in [5, 5.41) is 0. The lowest BCUT2D eigenvalue weighted by atomic mass is 10.1. The largest absolute Gasteiger partial charge is 0.331 e. The van der Waals surface area contributed by atoms with Gasteiger partial charge in [0.15, 0.2) is 5.78 Å². The first kappa shape index (κ1) is 11.4. The van der Waals surface area contributed by atoms with Gasteiger partial charge in [-0.15, -0.1) is 0 Å². The Kier molecular flexibility index (Phi) is 2.99. The summed E-state index contributed by atoms with van der Waals surface area (Å²) in [6.07, 6.45) is 2.81. The first-order chi connectivity index (χ1) is 8.08. The van der Waals surface area contributed by atoms with Gasteiger partial charge >= 0.3 is 0 Å². The number of carbonyl (C=O) groups is 1. The van der Waals surface area contributed by atoms with Crippen molar-refractivity contribution in [2.75, 3.05) is 0 Å². The summed E-state index contributed by atoms with van der Waals surface area (Å²) >= 11 is 0. The second-order valence-electron chi connectivity index (χ2n) is 3.73. The van der Waals surface area contributed by atoms with Crippen molar-refractivity contribution in [1.82, 2.24) is 9.55 Å². The second-order valence-corrected chi connectivity index (χ2v) is 3.73. The molecule has 0 fully saturated rings. The average molecular weight is 236 g/mol. The number of rotatable bonds is 3. The van der Waals surface area contributed by atoms with Gasteiger partial charge in [0.1, 0.15) is 17.3 Å². The number of aryl methyl sites for hydroxylation is 1. The minimum Gasteiger partial charge on any atom is -0.331 e. The normalized spacial score (nSPS) is 10.5. The van der Waals surface area contributed by atoms with E-state index in [1.54, 1.807) is 11.6 Å². The van der Waals surface area contributed by atoms with Crippen LogP contribution in [0.1, 0.15) is 16.1 Å². The van der Waals surface area contributed by atoms with Crippen molar-refractivity contribution in [1.29, 1.82) is 0 Å². The molecule has 0 amide bonds. The molecule has 5 heteroatoms. The van der Waals surface area contributed by atoms with Crippen LogP contribution in [0.2, 0.25) is 0 Å². The van der Waals surface area contributed by atoms with Crippen molar-refractivity contribution in [2.45, 2.75) is 6.42 Å². The van der Waals surface area contributed by atoms with Crippen LogP contribution in [0.15, 0.2) is 30.7 Å². The fourth-order valence-electron chi connectivity index (χ4n) is 1.55. The highest BCUT2D eigenvalue weighted by atomic mass is 19.1. The van der Waals surface area contributed by atoms with Gasteiger partial charge in [0.25, 0.3) is 0 Å². The Labute approximate surface area is 96.7 Å². The highest BCUT2D eigenvalue weighted by Crippen LogP contribution is 2.12. The van der Waals surface area contributed by atoms with E-state index in [1.165, 1.54) is 18.6 Å². The van der Waals surface area contributed by atoms with E-state index in [2.05, 4.69) is 4.98 Å². The lowest BCUT2D eigenvalue weighted by Gasteiger charge is -2.03. The monoisotopic (exact) mass is 236 g/mol.